The van der Waals surface area contributed by atoms with Crippen molar-refractivity contribution < 1.29 is 14.2 Å². The molecule has 0 N–H and O–H groups in total. The first-order chi connectivity index (χ1) is 7.30. The van der Waals surface area contributed by atoms with Gasteiger partial charge in [-0.3, -0.25) is 4.90 Å². The van der Waals surface area contributed by atoms with Gasteiger partial charge in [-0.2, -0.15) is 0 Å². The number of likely N-dealkylation sites (tertiary alicyclic amines) is 1. The van der Waals surface area contributed by atoms with Crippen molar-refractivity contribution in [1.82, 2.24) is 4.90 Å². The lowest BCUT2D eigenvalue weighted by molar-refractivity contribution is -0.123. The molecule has 0 amide bonds. The highest BCUT2D eigenvalue weighted by Gasteiger charge is 2.22. The Morgan fingerprint density at radius 2 is 2.07 bits per heavy atom. The van der Waals surface area contributed by atoms with Crippen LogP contribution in [0.15, 0.2) is 0 Å². The molecule has 4 heteroatoms. The Balaban J connectivity index is 2.28. The third-order valence-electron chi connectivity index (χ3n) is 2.80. The van der Waals surface area contributed by atoms with Gasteiger partial charge in [-0.1, -0.05) is 0 Å². The number of rotatable bonds is 6. The predicted molar refractivity (Wildman–Crippen MR) is 58.9 cm³/mol. The summed E-state index contributed by atoms with van der Waals surface area (Å²) in [5, 5.41) is 0. The molecule has 90 valence electrons. The fraction of sp³-hybridized carbons (Fsp3) is 1.00. The summed E-state index contributed by atoms with van der Waals surface area (Å²) in [6.45, 7) is 5.79. The van der Waals surface area contributed by atoms with Crippen molar-refractivity contribution in [3.05, 3.63) is 0 Å². The first-order valence-electron chi connectivity index (χ1n) is 5.69. The summed E-state index contributed by atoms with van der Waals surface area (Å²) in [4.78, 5) is 2.35. The quantitative estimate of drug-likeness (QED) is 0.624. The molecule has 0 aromatic rings. The minimum atomic E-state index is -0.120. The SMILES string of the molecule is CCOC1CCCN(CC(OC)OC)C1. The van der Waals surface area contributed by atoms with E-state index in [4.69, 9.17) is 14.2 Å². The van der Waals surface area contributed by atoms with E-state index in [0.717, 1.165) is 26.2 Å². The fourth-order valence-corrected chi connectivity index (χ4v) is 2.01. The molecule has 0 saturated carbocycles. The molecule has 0 radical (unpaired) electrons. The fourth-order valence-electron chi connectivity index (χ4n) is 2.01. The molecule has 1 rings (SSSR count). The van der Waals surface area contributed by atoms with Gasteiger partial charge >= 0.3 is 0 Å². The third kappa shape index (κ3) is 4.47. The van der Waals surface area contributed by atoms with Crippen LogP contribution in [0.3, 0.4) is 0 Å². The van der Waals surface area contributed by atoms with Crippen LogP contribution in [0.1, 0.15) is 19.8 Å². The Labute approximate surface area is 92.5 Å². The van der Waals surface area contributed by atoms with Crippen LogP contribution < -0.4 is 0 Å². The Hall–Kier alpha value is -0.160. The first-order valence-corrected chi connectivity index (χ1v) is 5.69. The summed E-state index contributed by atoms with van der Waals surface area (Å²) in [6.07, 6.45) is 2.64. The highest BCUT2D eigenvalue weighted by molar-refractivity contribution is 4.73. The first kappa shape index (κ1) is 12.9. The summed E-state index contributed by atoms with van der Waals surface area (Å²) >= 11 is 0. The van der Waals surface area contributed by atoms with Crippen molar-refractivity contribution in [3.63, 3.8) is 0 Å². The van der Waals surface area contributed by atoms with Crippen LogP contribution in [0.5, 0.6) is 0 Å². The second-order valence-corrected chi connectivity index (χ2v) is 3.88. The van der Waals surface area contributed by atoms with Crippen LogP contribution in [-0.2, 0) is 14.2 Å². The average molecular weight is 217 g/mol. The molecule has 1 unspecified atom stereocenters. The minimum absolute atomic E-state index is 0.120. The lowest BCUT2D eigenvalue weighted by atomic mass is 10.1. The highest BCUT2D eigenvalue weighted by Crippen LogP contribution is 2.13. The van der Waals surface area contributed by atoms with Crippen molar-refractivity contribution >= 4 is 0 Å². The Kier molecular flexibility index (Phi) is 6.17. The number of nitrogens with zero attached hydrogens (tertiary/aromatic N) is 1. The normalized spacial score (nSPS) is 23.6. The van der Waals surface area contributed by atoms with E-state index in [-0.39, 0.29) is 6.29 Å². The van der Waals surface area contributed by atoms with Gasteiger partial charge in [0.15, 0.2) is 6.29 Å². The van der Waals surface area contributed by atoms with Crippen molar-refractivity contribution in [3.8, 4) is 0 Å². The van der Waals surface area contributed by atoms with E-state index < -0.39 is 0 Å². The Morgan fingerprint density at radius 1 is 1.33 bits per heavy atom. The monoisotopic (exact) mass is 217 g/mol. The third-order valence-corrected chi connectivity index (χ3v) is 2.80. The van der Waals surface area contributed by atoms with Crippen molar-refractivity contribution in [2.75, 3.05) is 40.5 Å². The van der Waals surface area contributed by atoms with E-state index in [9.17, 15) is 0 Å². The summed E-state index contributed by atoms with van der Waals surface area (Å²) in [5.74, 6) is 0. The Bertz CT molecular complexity index is 160. The van der Waals surface area contributed by atoms with Gasteiger partial charge in [0.1, 0.15) is 0 Å². The molecule has 4 nitrogen and oxygen atoms in total. The smallest absolute Gasteiger partial charge is 0.169 e. The van der Waals surface area contributed by atoms with E-state index in [2.05, 4.69) is 4.90 Å². The van der Waals surface area contributed by atoms with E-state index in [1.165, 1.54) is 12.8 Å². The lowest BCUT2D eigenvalue weighted by Gasteiger charge is -2.33. The largest absolute Gasteiger partial charge is 0.377 e. The molecule has 1 atom stereocenters. The van der Waals surface area contributed by atoms with Gasteiger partial charge in [-0.05, 0) is 26.3 Å². The number of ether oxygens (including phenoxy) is 3. The van der Waals surface area contributed by atoms with Gasteiger partial charge in [-0.15, -0.1) is 0 Å². The molecule has 0 aromatic carbocycles. The van der Waals surface area contributed by atoms with Crippen LogP contribution >= 0.6 is 0 Å². The van der Waals surface area contributed by atoms with E-state index in [1.807, 2.05) is 6.92 Å². The molecule has 1 aliphatic heterocycles. The molecule has 0 bridgehead atoms. The van der Waals surface area contributed by atoms with E-state index in [1.54, 1.807) is 14.2 Å². The van der Waals surface area contributed by atoms with E-state index >= 15 is 0 Å². The maximum atomic E-state index is 5.64. The molecule has 1 fully saturated rings. The number of methoxy groups -OCH3 is 2. The number of hydrogen-bond donors (Lipinski definition) is 0. The topological polar surface area (TPSA) is 30.9 Å². The average Bonchev–Trinajstić information content (AvgIpc) is 2.27. The van der Waals surface area contributed by atoms with Gasteiger partial charge in [0.05, 0.1) is 6.10 Å². The standard InChI is InChI=1S/C11H23NO3/c1-4-15-10-6-5-7-12(8-10)9-11(13-2)14-3/h10-11H,4-9H2,1-3H3. The highest BCUT2D eigenvalue weighted by atomic mass is 16.7. The molecule has 1 heterocycles. The lowest BCUT2D eigenvalue weighted by Crippen LogP contribution is -2.44. The number of piperidine rings is 1. The van der Waals surface area contributed by atoms with Crippen LogP contribution in [-0.4, -0.2) is 57.8 Å². The molecule has 0 spiro atoms. The summed E-state index contributed by atoms with van der Waals surface area (Å²) in [6, 6.07) is 0. The summed E-state index contributed by atoms with van der Waals surface area (Å²) < 4.78 is 16.0. The predicted octanol–water partition coefficient (Wildman–Crippen LogP) is 1.11. The van der Waals surface area contributed by atoms with Crippen LogP contribution in [0.4, 0.5) is 0 Å². The van der Waals surface area contributed by atoms with Crippen molar-refractivity contribution in [1.29, 1.82) is 0 Å². The van der Waals surface area contributed by atoms with Crippen LogP contribution in [0.25, 0.3) is 0 Å². The molecule has 15 heavy (non-hydrogen) atoms. The van der Waals surface area contributed by atoms with Gasteiger partial charge in [0.25, 0.3) is 0 Å². The molecule has 1 saturated heterocycles. The van der Waals surface area contributed by atoms with Crippen molar-refractivity contribution in [2.24, 2.45) is 0 Å². The number of hydrogen-bond acceptors (Lipinski definition) is 4. The van der Waals surface area contributed by atoms with E-state index in [0.29, 0.717) is 6.10 Å². The van der Waals surface area contributed by atoms with Crippen LogP contribution in [0, 0.1) is 0 Å². The molecule has 0 aliphatic carbocycles. The molecule has 0 aromatic heterocycles. The van der Waals surface area contributed by atoms with Gasteiger partial charge in [-0.25, -0.2) is 0 Å². The maximum Gasteiger partial charge on any atom is 0.169 e. The molecular formula is C11H23NO3. The van der Waals surface area contributed by atoms with Gasteiger partial charge in [0.2, 0.25) is 0 Å². The zero-order valence-corrected chi connectivity index (χ0v) is 10.1. The van der Waals surface area contributed by atoms with Gasteiger partial charge < -0.3 is 14.2 Å². The molecule has 1 aliphatic rings. The molecular weight excluding hydrogens is 194 g/mol. The van der Waals surface area contributed by atoms with Crippen LogP contribution in [0.2, 0.25) is 0 Å². The van der Waals surface area contributed by atoms with Gasteiger partial charge in [0, 0.05) is 33.9 Å². The maximum absolute atomic E-state index is 5.64. The summed E-state index contributed by atoms with van der Waals surface area (Å²) in [7, 11) is 3.36. The minimum Gasteiger partial charge on any atom is -0.377 e. The zero-order valence-electron chi connectivity index (χ0n) is 10.1. The van der Waals surface area contributed by atoms with Crippen molar-refractivity contribution in [2.45, 2.75) is 32.2 Å². The second-order valence-electron chi connectivity index (χ2n) is 3.88. The Morgan fingerprint density at radius 3 is 2.67 bits per heavy atom. The second kappa shape index (κ2) is 7.17. The zero-order chi connectivity index (χ0) is 11.1. The summed E-state index contributed by atoms with van der Waals surface area (Å²) in [5.41, 5.74) is 0.